The van der Waals surface area contributed by atoms with Gasteiger partial charge in [0.05, 0.1) is 5.33 Å². The maximum Gasteiger partial charge on any atom is 0.143 e. The minimum atomic E-state index is 0.810. The molecule has 84 valence electrons. The first kappa shape index (κ1) is 11.1. The molecule has 15 heavy (non-hydrogen) atoms. The van der Waals surface area contributed by atoms with E-state index in [2.05, 4.69) is 37.6 Å². The zero-order valence-corrected chi connectivity index (χ0v) is 10.8. The Hall–Kier alpha value is -0.380. The third-order valence-electron chi connectivity index (χ3n) is 3.17. The molecule has 2 rings (SSSR count). The van der Waals surface area contributed by atoms with E-state index in [9.17, 15) is 0 Å². The highest BCUT2D eigenvalue weighted by Gasteiger charge is 2.21. The molecule has 1 aliphatic rings. The van der Waals surface area contributed by atoms with Crippen LogP contribution in [0.4, 0.5) is 0 Å². The highest BCUT2D eigenvalue weighted by Crippen LogP contribution is 2.29. The summed E-state index contributed by atoms with van der Waals surface area (Å²) in [4.78, 5) is 0. The van der Waals surface area contributed by atoms with Crippen molar-refractivity contribution in [3.63, 3.8) is 0 Å². The van der Waals surface area contributed by atoms with E-state index >= 15 is 0 Å². The van der Waals surface area contributed by atoms with E-state index in [0.717, 1.165) is 36.5 Å². The van der Waals surface area contributed by atoms with Crippen molar-refractivity contribution in [1.82, 2.24) is 14.8 Å². The van der Waals surface area contributed by atoms with Gasteiger partial charge in [0.1, 0.15) is 11.6 Å². The Morgan fingerprint density at radius 1 is 1.33 bits per heavy atom. The first-order valence-corrected chi connectivity index (χ1v) is 6.94. The number of aromatic nitrogens is 3. The normalized spacial score (nSPS) is 16.7. The monoisotopic (exact) mass is 271 g/mol. The van der Waals surface area contributed by atoms with Gasteiger partial charge in [0.2, 0.25) is 0 Å². The molecule has 1 aliphatic carbocycles. The summed E-state index contributed by atoms with van der Waals surface area (Å²) in [6, 6.07) is 0. The summed E-state index contributed by atoms with van der Waals surface area (Å²) in [5, 5.41) is 9.35. The van der Waals surface area contributed by atoms with Crippen molar-refractivity contribution < 1.29 is 0 Å². The van der Waals surface area contributed by atoms with Crippen molar-refractivity contribution in [2.75, 3.05) is 0 Å². The molecule has 0 aromatic carbocycles. The Morgan fingerprint density at radius 2 is 2.07 bits per heavy atom. The minimum absolute atomic E-state index is 0.810. The van der Waals surface area contributed by atoms with Gasteiger partial charge in [-0.25, -0.2) is 0 Å². The summed E-state index contributed by atoms with van der Waals surface area (Å²) in [5.41, 5.74) is 0. The second kappa shape index (κ2) is 5.10. The SMILES string of the molecule is CCCn1c(CBr)nnc1CC1CCC1. The van der Waals surface area contributed by atoms with Crippen LogP contribution in [0.25, 0.3) is 0 Å². The van der Waals surface area contributed by atoms with Crippen LogP contribution in [0.5, 0.6) is 0 Å². The standard InChI is InChI=1S/C11H18BrN3/c1-2-6-15-10(7-9-4-3-5-9)13-14-11(15)8-12/h9H,2-8H2,1H3. The molecule has 0 amide bonds. The second-order valence-corrected chi connectivity index (χ2v) is 4.88. The van der Waals surface area contributed by atoms with E-state index in [-0.39, 0.29) is 0 Å². The van der Waals surface area contributed by atoms with Crippen molar-refractivity contribution in [3.05, 3.63) is 11.6 Å². The van der Waals surface area contributed by atoms with E-state index in [1.807, 2.05) is 0 Å². The van der Waals surface area contributed by atoms with Crippen LogP contribution in [0.2, 0.25) is 0 Å². The molecule has 1 fully saturated rings. The zero-order chi connectivity index (χ0) is 10.7. The number of hydrogen-bond acceptors (Lipinski definition) is 2. The fraction of sp³-hybridized carbons (Fsp3) is 0.818. The molecular formula is C11H18BrN3. The molecular weight excluding hydrogens is 254 g/mol. The lowest BCUT2D eigenvalue weighted by molar-refractivity contribution is 0.305. The van der Waals surface area contributed by atoms with Gasteiger partial charge in [-0.1, -0.05) is 42.1 Å². The summed E-state index contributed by atoms with van der Waals surface area (Å²) in [5.74, 6) is 3.13. The Kier molecular flexibility index (Phi) is 3.78. The second-order valence-electron chi connectivity index (χ2n) is 4.32. The van der Waals surface area contributed by atoms with Crippen LogP contribution < -0.4 is 0 Å². The Labute approximate surface area is 99.4 Å². The Balaban J connectivity index is 2.09. The van der Waals surface area contributed by atoms with Crippen LogP contribution in [0, 0.1) is 5.92 Å². The number of alkyl halides is 1. The molecule has 0 spiro atoms. The van der Waals surface area contributed by atoms with Crippen molar-refractivity contribution in [2.45, 2.75) is 50.9 Å². The largest absolute Gasteiger partial charge is 0.314 e. The fourth-order valence-electron chi connectivity index (χ4n) is 2.06. The van der Waals surface area contributed by atoms with Crippen molar-refractivity contribution >= 4 is 15.9 Å². The molecule has 3 nitrogen and oxygen atoms in total. The van der Waals surface area contributed by atoms with Gasteiger partial charge in [0.25, 0.3) is 0 Å². The highest BCUT2D eigenvalue weighted by molar-refractivity contribution is 9.08. The molecule has 4 heteroatoms. The Morgan fingerprint density at radius 3 is 2.60 bits per heavy atom. The lowest BCUT2D eigenvalue weighted by atomic mass is 9.83. The van der Waals surface area contributed by atoms with Crippen molar-refractivity contribution in [1.29, 1.82) is 0 Å². The van der Waals surface area contributed by atoms with Crippen LogP contribution in [-0.2, 0) is 18.3 Å². The van der Waals surface area contributed by atoms with Crippen LogP contribution in [-0.4, -0.2) is 14.8 Å². The molecule has 1 heterocycles. The van der Waals surface area contributed by atoms with Gasteiger partial charge in [-0.05, 0) is 12.3 Å². The third-order valence-corrected chi connectivity index (χ3v) is 3.67. The molecule has 0 bridgehead atoms. The van der Waals surface area contributed by atoms with E-state index in [1.54, 1.807) is 0 Å². The van der Waals surface area contributed by atoms with Crippen molar-refractivity contribution in [3.8, 4) is 0 Å². The fourth-order valence-corrected chi connectivity index (χ4v) is 2.47. The predicted molar refractivity (Wildman–Crippen MR) is 64.0 cm³/mol. The van der Waals surface area contributed by atoms with Crippen LogP contribution >= 0.6 is 15.9 Å². The topological polar surface area (TPSA) is 30.7 Å². The minimum Gasteiger partial charge on any atom is -0.314 e. The van der Waals surface area contributed by atoms with Gasteiger partial charge < -0.3 is 4.57 Å². The summed E-state index contributed by atoms with van der Waals surface area (Å²) < 4.78 is 2.28. The first-order valence-electron chi connectivity index (χ1n) is 5.82. The highest BCUT2D eigenvalue weighted by atomic mass is 79.9. The van der Waals surface area contributed by atoms with Gasteiger partial charge in [-0.2, -0.15) is 0 Å². The summed E-state index contributed by atoms with van der Waals surface area (Å²) in [6.45, 7) is 3.25. The molecule has 0 aliphatic heterocycles. The molecule has 0 atom stereocenters. The first-order chi connectivity index (χ1) is 7.35. The molecule has 0 N–H and O–H groups in total. The number of halogens is 1. The van der Waals surface area contributed by atoms with Gasteiger partial charge in [-0.15, -0.1) is 10.2 Å². The van der Waals surface area contributed by atoms with E-state index < -0.39 is 0 Å². The Bertz CT molecular complexity index is 318. The quantitative estimate of drug-likeness (QED) is 0.771. The van der Waals surface area contributed by atoms with E-state index in [0.29, 0.717) is 0 Å². The molecule has 0 radical (unpaired) electrons. The van der Waals surface area contributed by atoms with Crippen LogP contribution in [0.3, 0.4) is 0 Å². The lowest BCUT2D eigenvalue weighted by Gasteiger charge is -2.24. The molecule has 1 aromatic heterocycles. The van der Waals surface area contributed by atoms with Gasteiger partial charge in [-0.3, -0.25) is 0 Å². The van der Waals surface area contributed by atoms with E-state index in [4.69, 9.17) is 0 Å². The smallest absolute Gasteiger partial charge is 0.143 e. The van der Waals surface area contributed by atoms with Gasteiger partial charge in [0.15, 0.2) is 0 Å². The van der Waals surface area contributed by atoms with Crippen LogP contribution in [0.1, 0.15) is 44.3 Å². The summed E-state index contributed by atoms with van der Waals surface area (Å²) >= 11 is 3.47. The molecule has 0 saturated heterocycles. The number of rotatable bonds is 5. The molecule has 0 unspecified atom stereocenters. The average Bonchev–Trinajstić information content (AvgIpc) is 2.55. The van der Waals surface area contributed by atoms with Crippen LogP contribution in [0.15, 0.2) is 0 Å². The van der Waals surface area contributed by atoms with Crippen molar-refractivity contribution in [2.24, 2.45) is 5.92 Å². The molecule has 1 aromatic rings. The summed E-state index contributed by atoms with van der Waals surface area (Å²) in [7, 11) is 0. The lowest BCUT2D eigenvalue weighted by Crippen LogP contribution is -2.17. The maximum atomic E-state index is 4.31. The molecule has 1 saturated carbocycles. The summed E-state index contributed by atoms with van der Waals surface area (Å²) in [6.07, 6.45) is 6.43. The van der Waals surface area contributed by atoms with E-state index in [1.165, 1.54) is 25.1 Å². The van der Waals surface area contributed by atoms with Gasteiger partial charge in [0, 0.05) is 13.0 Å². The predicted octanol–water partition coefficient (Wildman–Crippen LogP) is 2.93. The maximum absolute atomic E-state index is 4.31. The number of nitrogens with zero attached hydrogens (tertiary/aromatic N) is 3. The number of hydrogen-bond donors (Lipinski definition) is 0. The zero-order valence-electron chi connectivity index (χ0n) is 9.25. The third kappa shape index (κ3) is 2.41. The average molecular weight is 272 g/mol. The van der Waals surface area contributed by atoms with Gasteiger partial charge >= 0.3 is 0 Å².